The number of hydrogen-bond donors (Lipinski definition) is 0. The molecule has 0 saturated carbocycles. The molecule has 5 aromatic carbocycles. The molecule has 1 radical (unpaired) electrons. The number of aryl methyl sites for hydroxylation is 2. The summed E-state index contributed by atoms with van der Waals surface area (Å²) in [6.45, 7) is 8.67. The van der Waals surface area contributed by atoms with Crippen molar-refractivity contribution in [2.24, 2.45) is 5.92 Å². The zero-order valence-corrected chi connectivity index (χ0v) is 37.7. The molecule has 293 valence electrons. The number of rotatable bonds is 7. The number of pyridine rings is 2. The summed E-state index contributed by atoms with van der Waals surface area (Å²) in [5.74, 6) is 4.95. The molecule has 0 bridgehead atoms. The predicted octanol–water partition coefficient (Wildman–Crippen LogP) is 11.2. The van der Waals surface area contributed by atoms with Crippen LogP contribution in [0.3, 0.4) is 0 Å². The van der Waals surface area contributed by atoms with Crippen LogP contribution in [0.15, 0.2) is 132 Å². The first kappa shape index (κ1) is 40.9. The molecule has 0 aliphatic rings. The molecule has 0 fully saturated rings. The predicted molar refractivity (Wildman–Crippen MR) is 230 cm³/mol. The summed E-state index contributed by atoms with van der Waals surface area (Å²) in [5.41, 5.74) is 9.16. The molecule has 0 aliphatic carbocycles. The minimum Gasteiger partial charge on any atom is -0.486 e. The topological polar surface area (TPSA) is 56.7 Å². The first-order valence-corrected chi connectivity index (χ1v) is 25.5. The van der Waals surface area contributed by atoms with Crippen molar-refractivity contribution in [1.82, 2.24) is 19.5 Å². The van der Waals surface area contributed by atoms with Gasteiger partial charge in [0, 0.05) is 37.0 Å². The third-order valence-electron chi connectivity index (χ3n) is 10.5. The van der Waals surface area contributed by atoms with Crippen LogP contribution >= 0.6 is 0 Å². The fourth-order valence-corrected chi connectivity index (χ4v) is 13.4. The molecule has 4 heterocycles. The van der Waals surface area contributed by atoms with Gasteiger partial charge in [-0.25, -0.2) is 0 Å². The van der Waals surface area contributed by atoms with E-state index in [4.69, 9.17) is 14.4 Å². The molecule has 58 heavy (non-hydrogen) atoms. The van der Waals surface area contributed by atoms with Crippen molar-refractivity contribution in [1.29, 1.82) is 0 Å². The Morgan fingerprint density at radius 2 is 1.53 bits per heavy atom. The van der Waals surface area contributed by atoms with Crippen LogP contribution in [0.1, 0.15) is 30.5 Å². The van der Waals surface area contributed by atoms with Gasteiger partial charge in [-0.15, -0.1) is 12.1 Å². The van der Waals surface area contributed by atoms with Gasteiger partial charge in [0.1, 0.15) is 0 Å². The van der Waals surface area contributed by atoms with E-state index in [-0.39, 0.29) is 36.8 Å². The summed E-state index contributed by atoms with van der Waals surface area (Å²) in [6, 6.07) is 45.5. The summed E-state index contributed by atoms with van der Waals surface area (Å²) >= 11 is -2.36. The standard InChI is InChI=1S/C26H16F2N3O.C23H26GeN.Ir/c1-14-6-5-7-15(2)23(14)31-20-9-4-3-8-19(20)29-25(31)17-10-12-18(27)22-16-11-13-21(28)30-26(16)32-24(17)22;1-18(2)15-20-16-23(19-11-7-5-8-12-19)25-17-22(20)24(3,4)21-13-9-6-10-14-21;/h3-9,11-13H,1-2H3;5-11,13-14,16-18H,15H2,1-4H3;/q2*-1;. The number of benzene rings is 5. The van der Waals surface area contributed by atoms with E-state index in [0.29, 0.717) is 22.7 Å². The number of aromatic nitrogens is 4. The third-order valence-corrected chi connectivity index (χ3v) is 18.0. The fourth-order valence-electron chi connectivity index (χ4n) is 7.77. The van der Waals surface area contributed by atoms with Crippen molar-refractivity contribution in [2.45, 2.75) is 45.6 Å². The van der Waals surface area contributed by atoms with E-state index in [0.717, 1.165) is 45.5 Å². The van der Waals surface area contributed by atoms with Gasteiger partial charge in [0.15, 0.2) is 0 Å². The van der Waals surface area contributed by atoms with Crippen molar-refractivity contribution in [2.75, 3.05) is 0 Å². The summed E-state index contributed by atoms with van der Waals surface area (Å²) in [4.78, 5) is 13.5. The molecule has 0 N–H and O–H groups in total. The summed E-state index contributed by atoms with van der Waals surface area (Å²) in [6.07, 6.45) is 3.25. The van der Waals surface area contributed by atoms with Gasteiger partial charge >= 0.3 is 154 Å². The van der Waals surface area contributed by atoms with E-state index in [2.05, 4.69) is 97.2 Å². The second-order valence-corrected chi connectivity index (χ2v) is 24.6. The van der Waals surface area contributed by atoms with Gasteiger partial charge in [-0.2, -0.15) is 9.37 Å². The number of hydrogen-bond acceptors (Lipinski definition) is 4. The van der Waals surface area contributed by atoms with Crippen molar-refractivity contribution in [3.05, 3.63) is 168 Å². The largest absolute Gasteiger partial charge is 0.486 e. The Labute approximate surface area is 353 Å². The van der Waals surface area contributed by atoms with E-state index in [9.17, 15) is 8.78 Å². The molecular weight excluding hydrogens is 963 g/mol. The van der Waals surface area contributed by atoms with E-state index in [1.165, 1.54) is 32.6 Å². The van der Waals surface area contributed by atoms with Crippen LogP contribution in [0, 0.1) is 43.7 Å². The zero-order chi connectivity index (χ0) is 39.8. The van der Waals surface area contributed by atoms with Crippen molar-refractivity contribution in [3.63, 3.8) is 0 Å². The molecule has 0 aliphatic heterocycles. The number of halogens is 2. The zero-order valence-electron chi connectivity index (χ0n) is 33.2. The normalized spacial score (nSPS) is 11.5. The molecule has 0 saturated heterocycles. The van der Waals surface area contributed by atoms with E-state index in [1.807, 2.05) is 73.0 Å². The van der Waals surface area contributed by atoms with Gasteiger partial charge in [-0.1, -0.05) is 35.9 Å². The molecule has 0 unspecified atom stereocenters. The van der Waals surface area contributed by atoms with E-state index >= 15 is 0 Å². The maximum absolute atomic E-state index is 14.9. The Balaban J connectivity index is 0.000000179. The molecule has 4 aromatic heterocycles. The van der Waals surface area contributed by atoms with E-state index in [1.54, 1.807) is 0 Å². The number of nitrogens with zero attached hydrogens (tertiary/aromatic N) is 4. The van der Waals surface area contributed by atoms with Crippen molar-refractivity contribution >= 4 is 55.2 Å². The number of imidazole rings is 1. The summed E-state index contributed by atoms with van der Waals surface area (Å²) in [5, 5.41) is 0.644. The van der Waals surface area contributed by atoms with Gasteiger partial charge in [0.25, 0.3) is 0 Å². The van der Waals surface area contributed by atoms with Crippen LogP contribution in [-0.2, 0) is 26.5 Å². The van der Waals surface area contributed by atoms with Crippen LogP contribution in [0.4, 0.5) is 8.78 Å². The molecule has 0 atom stereocenters. The Bertz CT molecular complexity index is 2870. The Hall–Kier alpha value is -5.28. The van der Waals surface area contributed by atoms with Crippen LogP contribution in [0.5, 0.6) is 0 Å². The molecule has 9 aromatic rings. The smallest absolute Gasteiger partial charge is 0.218 e. The SMILES string of the molecule is CC(C)Cc1cc(-c2[c-]cccc2)nc[c]1[Ge]([CH3])([CH3])[c]1ccccc1.Cc1cccc(C)c1-n1c(-c2[c-]cc(F)c3c2oc2nc(F)ccc23)nc2ccccc21.[Ir]. The average molecular weight is 1010 g/mol. The Morgan fingerprint density at radius 3 is 2.26 bits per heavy atom. The molecule has 0 amide bonds. The van der Waals surface area contributed by atoms with Crippen LogP contribution in [0.2, 0.25) is 11.5 Å². The van der Waals surface area contributed by atoms with Crippen LogP contribution < -0.4 is 8.79 Å². The first-order chi connectivity index (χ1) is 27.5. The number of fused-ring (bicyclic) bond motifs is 4. The molecular formula is C49H42F2GeIrN4O-2. The second kappa shape index (κ2) is 16.9. The fraction of sp³-hybridized carbons (Fsp3) is 0.163. The molecule has 9 heteroatoms. The van der Waals surface area contributed by atoms with Gasteiger partial charge in [-0.3, -0.25) is 9.37 Å². The van der Waals surface area contributed by atoms with Gasteiger partial charge in [0.05, 0.1) is 22.4 Å². The maximum atomic E-state index is 14.9. The van der Waals surface area contributed by atoms with E-state index < -0.39 is 25.0 Å². The minimum atomic E-state index is -2.36. The summed E-state index contributed by atoms with van der Waals surface area (Å²) in [7, 11) is 0. The van der Waals surface area contributed by atoms with Crippen LogP contribution in [0.25, 0.3) is 61.4 Å². The molecule has 0 spiro atoms. The molecule has 9 rings (SSSR count). The summed E-state index contributed by atoms with van der Waals surface area (Å²) < 4.78 is 39.5. The quantitative estimate of drug-likeness (QED) is 0.0907. The Kier molecular flexibility index (Phi) is 11.9. The van der Waals surface area contributed by atoms with Gasteiger partial charge in [-0.05, 0) is 54.6 Å². The van der Waals surface area contributed by atoms with Crippen molar-refractivity contribution in [3.8, 4) is 28.3 Å². The maximum Gasteiger partial charge on any atom is 0.218 e. The third kappa shape index (κ3) is 7.81. The number of para-hydroxylation sites is 3. The first-order valence-electron chi connectivity index (χ1n) is 19.2. The Morgan fingerprint density at radius 1 is 0.810 bits per heavy atom. The minimum absolute atomic E-state index is 0. The number of furan rings is 1. The van der Waals surface area contributed by atoms with Crippen molar-refractivity contribution < 1.29 is 33.3 Å². The average Bonchev–Trinajstić information content (AvgIpc) is 3.78. The van der Waals surface area contributed by atoms with Gasteiger partial charge in [0.2, 0.25) is 11.7 Å². The van der Waals surface area contributed by atoms with Gasteiger partial charge < -0.3 is 8.98 Å². The molecule has 5 nitrogen and oxygen atoms in total. The van der Waals surface area contributed by atoms with Crippen LogP contribution in [-0.4, -0.2) is 32.8 Å². The monoisotopic (exact) mass is 1010 g/mol. The second-order valence-electron chi connectivity index (χ2n) is 15.4.